The topological polar surface area (TPSA) is 26.3 Å². The zero-order valence-electron chi connectivity index (χ0n) is 27.4. The molecule has 0 aliphatic rings. The van der Waals surface area contributed by atoms with Crippen LogP contribution in [0.2, 0.25) is 0 Å². The summed E-state index contributed by atoms with van der Waals surface area (Å²) in [6.45, 7) is 0. The molecule has 8 aromatic carbocycles. The van der Waals surface area contributed by atoms with Crippen LogP contribution in [0.25, 0.3) is 88.0 Å². The summed E-state index contributed by atoms with van der Waals surface area (Å²) in [5, 5.41) is 10.1. The zero-order valence-corrected chi connectivity index (χ0v) is 30.5. The van der Waals surface area contributed by atoms with Gasteiger partial charge < -0.3 is 33.6 Å². The quantitative estimate of drug-likeness (QED) is 0.141. The fourth-order valence-electron chi connectivity index (χ4n) is 7.17. The van der Waals surface area contributed by atoms with Gasteiger partial charge in [0.15, 0.2) is 0 Å². The molecule has 0 aliphatic heterocycles. The van der Waals surface area contributed by atoms with Crippen molar-refractivity contribution < 1.29 is 55.4 Å². The number of fused-ring (bicyclic) bond motifs is 4. The van der Waals surface area contributed by atoms with Crippen molar-refractivity contribution in [3.8, 4) is 44.9 Å². The SMILES string of the molecule is [Cl-].[Cl-].[Ti+4].c1coc(-c2[cH-]c3ccccc3c2-c2cccc3ccccc23)c1.c1coc(-c2[cH-]c3ccccc3c2-c2cccc3ccccc23)c1. The second-order valence-electron chi connectivity index (χ2n) is 12.0. The standard InChI is InChI=1S/2C23H15O.2ClH.Ti/c2*1-3-10-18-16(7-1)9-5-12-20(18)23-19-11-4-2-8-17(19)15-21(23)22-13-6-14-24-22;;;/h2*1-15H;2*1H;/q2*-1;;;+4/p-2. The molecule has 2 aromatic heterocycles. The van der Waals surface area contributed by atoms with E-state index in [9.17, 15) is 0 Å². The fourth-order valence-corrected chi connectivity index (χ4v) is 7.17. The van der Waals surface area contributed by atoms with Gasteiger partial charge in [-0.2, -0.15) is 0 Å². The minimum absolute atomic E-state index is 0. The summed E-state index contributed by atoms with van der Waals surface area (Å²) < 4.78 is 11.4. The third kappa shape index (κ3) is 6.49. The smallest absolute Gasteiger partial charge is 1.00 e. The van der Waals surface area contributed by atoms with Gasteiger partial charge in [-0.3, -0.25) is 0 Å². The monoisotopic (exact) mass is 732 g/mol. The molecule has 51 heavy (non-hydrogen) atoms. The van der Waals surface area contributed by atoms with Gasteiger partial charge in [-0.25, -0.2) is 0 Å². The van der Waals surface area contributed by atoms with E-state index in [1.807, 2.05) is 24.3 Å². The zero-order chi connectivity index (χ0) is 31.9. The largest absolute Gasteiger partial charge is 4.00 e. The van der Waals surface area contributed by atoms with Gasteiger partial charge in [0.2, 0.25) is 0 Å². The summed E-state index contributed by atoms with van der Waals surface area (Å²) in [5.74, 6) is 1.82. The van der Waals surface area contributed by atoms with Crippen LogP contribution in [0.1, 0.15) is 0 Å². The summed E-state index contributed by atoms with van der Waals surface area (Å²) in [5.41, 5.74) is 7.30. The summed E-state index contributed by atoms with van der Waals surface area (Å²) in [7, 11) is 0. The van der Waals surface area contributed by atoms with Crippen molar-refractivity contribution >= 4 is 43.1 Å². The average Bonchev–Trinajstić information content (AvgIpc) is 3.97. The van der Waals surface area contributed by atoms with Crippen molar-refractivity contribution in [1.29, 1.82) is 0 Å². The predicted molar refractivity (Wildman–Crippen MR) is 200 cm³/mol. The number of hydrogen-bond acceptors (Lipinski definition) is 2. The van der Waals surface area contributed by atoms with Gasteiger partial charge in [-0.1, -0.05) is 167 Å². The average molecular weight is 734 g/mol. The third-order valence-corrected chi connectivity index (χ3v) is 9.29. The van der Waals surface area contributed by atoms with Crippen molar-refractivity contribution in [2.24, 2.45) is 0 Å². The first kappa shape index (κ1) is 35.7. The van der Waals surface area contributed by atoms with Gasteiger partial charge in [-0.05, 0) is 33.7 Å². The van der Waals surface area contributed by atoms with Crippen LogP contribution in [0.15, 0.2) is 191 Å². The molecule has 0 saturated heterocycles. The van der Waals surface area contributed by atoms with Crippen LogP contribution >= 0.6 is 0 Å². The second-order valence-corrected chi connectivity index (χ2v) is 12.0. The van der Waals surface area contributed by atoms with E-state index in [0.29, 0.717) is 0 Å². The summed E-state index contributed by atoms with van der Waals surface area (Å²) in [4.78, 5) is 0. The van der Waals surface area contributed by atoms with Crippen molar-refractivity contribution in [2.75, 3.05) is 0 Å². The minimum Gasteiger partial charge on any atom is -1.00 e. The molecule has 0 aliphatic carbocycles. The Labute approximate surface area is 323 Å². The van der Waals surface area contributed by atoms with Gasteiger partial charge in [0, 0.05) is 0 Å². The molecule has 0 unspecified atom stereocenters. The molecule has 0 bridgehead atoms. The number of hydrogen-bond donors (Lipinski definition) is 0. The summed E-state index contributed by atoms with van der Waals surface area (Å²) in [6.07, 6.45) is 3.47. The minimum atomic E-state index is 0. The molecule has 0 spiro atoms. The molecular weight excluding hydrogens is 703 g/mol. The normalized spacial score (nSPS) is 10.7. The van der Waals surface area contributed by atoms with Crippen LogP contribution in [0.3, 0.4) is 0 Å². The van der Waals surface area contributed by atoms with E-state index in [2.05, 4.69) is 146 Å². The van der Waals surface area contributed by atoms with Gasteiger partial charge in [0.1, 0.15) is 0 Å². The van der Waals surface area contributed by atoms with E-state index in [-0.39, 0.29) is 46.5 Å². The molecule has 2 nitrogen and oxygen atoms in total. The van der Waals surface area contributed by atoms with Gasteiger partial charge in [-0.15, -0.1) is 45.8 Å². The van der Waals surface area contributed by atoms with Crippen LogP contribution in [-0.2, 0) is 21.7 Å². The molecule has 0 atom stereocenters. The molecule has 10 aromatic rings. The molecule has 10 rings (SSSR count). The van der Waals surface area contributed by atoms with Crippen molar-refractivity contribution in [3.05, 3.63) is 182 Å². The molecular formula is C46H30Cl2O2Ti. The van der Waals surface area contributed by atoms with E-state index in [1.54, 1.807) is 12.5 Å². The Bertz CT molecular complexity index is 2480. The molecule has 5 heteroatoms. The van der Waals surface area contributed by atoms with Crippen LogP contribution in [0, 0.1) is 0 Å². The molecule has 0 fully saturated rings. The fraction of sp³-hybridized carbons (Fsp3) is 0. The Morgan fingerprint density at radius 1 is 0.353 bits per heavy atom. The first-order valence-corrected chi connectivity index (χ1v) is 16.2. The van der Waals surface area contributed by atoms with Gasteiger partial charge in [0.05, 0.1) is 24.0 Å². The number of furan rings is 2. The van der Waals surface area contributed by atoms with E-state index in [1.165, 1.54) is 65.3 Å². The maximum atomic E-state index is 5.72. The van der Waals surface area contributed by atoms with Crippen LogP contribution in [-0.4, -0.2) is 0 Å². The number of halogens is 2. The van der Waals surface area contributed by atoms with E-state index < -0.39 is 0 Å². The first-order chi connectivity index (χ1) is 23.8. The summed E-state index contributed by atoms with van der Waals surface area (Å²) in [6, 6.07) is 59.6. The molecule has 2 heterocycles. The van der Waals surface area contributed by atoms with Crippen molar-refractivity contribution in [1.82, 2.24) is 0 Å². The Morgan fingerprint density at radius 3 is 1.14 bits per heavy atom. The molecule has 244 valence electrons. The van der Waals surface area contributed by atoms with Crippen molar-refractivity contribution in [2.45, 2.75) is 0 Å². The van der Waals surface area contributed by atoms with E-state index in [0.717, 1.165) is 22.6 Å². The number of rotatable bonds is 4. The predicted octanol–water partition coefficient (Wildman–Crippen LogP) is 7.28. The van der Waals surface area contributed by atoms with Crippen LogP contribution in [0.5, 0.6) is 0 Å². The van der Waals surface area contributed by atoms with Gasteiger partial charge in [0.25, 0.3) is 0 Å². The first-order valence-electron chi connectivity index (χ1n) is 16.2. The Hall–Kier alpha value is -5.09. The molecule has 0 amide bonds. The maximum absolute atomic E-state index is 5.72. The molecule has 0 radical (unpaired) electrons. The van der Waals surface area contributed by atoms with Crippen molar-refractivity contribution in [3.63, 3.8) is 0 Å². The van der Waals surface area contributed by atoms with E-state index in [4.69, 9.17) is 8.83 Å². The maximum Gasteiger partial charge on any atom is 4.00 e. The van der Waals surface area contributed by atoms with Crippen LogP contribution < -0.4 is 24.8 Å². The Morgan fingerprint density at radius 2 is 0.725 bits per heavy atom. The Balaban J connectivity index is 0.000000166. The van der Waals surface area contributed by atoms with E-state index >= 15 is 0 Å². The molecule has 0 saturated carbocycles. The Kier molecular flexibility index (Phi) is 10.8. The van der Waals surface area contributed by atoms with Gasteiger partial charge >= 0.3 is 21.7 Å². The number of benzene rings is 6. The second kappa shape index (κ2) is 15.4. The molecule has 0 N–H and O–H groups in total. The van der Waals surface area contributed by atoms with Crippen LogP contribution in [0.4, 0.5) is 0 Å². The third-order valence-electron chi connectivity index (χ3n) is 9.29. The summed E-state index contributed by atoms with van der Waals surface area (Å²) >= 11 is 0.